The van der Waals surface area contributed by atoms with Gasteiger partial charge in [-0.2, -0.15) is 8.75 Å². The molecule has 0 spiro atoms. The Morgan fingerprint density at radius 3 is 2.43 bits per heavy atom. The molecule has 0 saturated heterocycles. The Kier molecular flexibility index (Phi) is 2.79. The zero-order valence-corrected chi connectivity index (χ0v) is 9.27. The van der Waals surface area contributed by atoms with Gasteiger partial charge >= 0.3 is 0 Å². The molecule has 4 heteroatoms. The van der Waals surface area contributed by atoms with E-state index in [1.54, 1.807) is 0 Å². The monoisotopic (exact) mass is 224 g/mol. The summed E-state index contributed by atoms with van der Waals surface area (Å²) in [6.07, 6.45) is 1.04. The first kappa shape index (κ1) is 9.62. The molecule has 0 amide bonds. The lowest BCUT2D eigenvalue weighted by molar-refractivity contribution is 1.14. The van der Waals surface area contributed by atoms with Crippen LogP contribution in [0.5, 0.6) is 0 Å². The lowest BCUT2D eigenvalue weighted by Gasteiger charge is -1.98. The first-order valence-electron chi connectivity index (χ1n) is 4.38. The van der Waals surface area contributed by atoms with Gasteiger partial charge in [0, 0.05) is 5.56 Å². The van der Waals surface area contributed by atoms with E-state index >= 15 is 0 Å². The number of aryl methyl sites for hydroxylation is 1. The van der Waals surface area contributed by atoms with E-state index in [4.69, 9.17) is 11.6 Å². The molecule has 0 aliphatic heterocycles. The molecule has 0 fully saturated rings. The van der Waals surface area contributed by atoms with E-state index in [-0.39, 0.29) is 0 Å². The number of benzene rings is 1. The van der Waals surface area contributed by atoms with Crippen LogP contribution >= 0.6 is 23.3 Å². The summed E-state index contributed by atoms with van der Waals surface area (Å²) in [6, 6.07) is 8.24. The highest BCUT2D eigenvalue weighted by Gasteiger charge is 2.07. The predicted octanol–water partition coefficient (Wildman–Crippen LogP) is 3.42. The molecular formula is C10H9ClN2S. The maximum atomic E-state index is 5.88. The molecule has 0 aliphatic carbocycles. The van der Waals surface area contributed by atoms with Crippen LogP contribution in [0.25, 0.3) is 11.3 Å². The summed E-state index contributed by atoms with van der Waals surface area (Å²) in [5.41, 5.74) is 3.12. The van der Waals surface area contributed by atoms with Crippen LogP contribution in [0.2, 0.25) is 5.15 Å². The topological polar surface area (TPSA) is 25.8 Å². The Hall–Kier alpha value is -0.930. The fourth-order valence-electron chi connectivity index (χ4n) is 1.25. The fraction of sp³-hybridized carbons (Fsp3) is 0.200. The number of nitrogens with zero attached hydrogens (tertiary/aromatic N) is 2. The van der Waals surface area contributed by atoms with Crippen molar-refractivity contribution in [1.82, 2.24) is 8.75 Å². The van der Waals surface area contributed by atoms with Gasteiger partial charge in [0.2, 0.25) is 0 Å². The average Bonchev–Trinajstić information content (AvgIpc) is 2.65. The molecule has 0 unspecified atom stereocenters. The lowest BCUT2D eigenvalue weighted by Crippen LogP contribution is -1.81. The SMILES string of the molecule is CCc1ccc(-c2nsnc2Cl)cc1. The standard InChI is InChI=1S/C10H9ClN2S/c1-2-7-3-5-8(6-4-7)9-10(11)13-14-12-9/h3-6H,2H2,1H3. The van der Waals surface area contributed by atoms with E-state index in [9.17, 15) is 0 Å². The Morgan fingerprint density at radius 1 is 1.21 bits per heavy atom. The summed E-state index contributed by atoms with van der Waals surface area (Å²) < 4.78 is 8.07. The minimum Gasteiger partial charge on any atom is -0.171 e. The molecule has 0 aliphatic rings. The predicted molar refractivity (Wildman–Crippen MR) is 59.7 cm³/mol. The van der Waals surface area contributed by atoms with Crippen LogP contribution in [0.3, 0.4) is 0 Å². The van der Waals surface area contributed by atoms with Crippen LogP contribution < -0.4 is 0 Å². The molecule has 2 aromatic rings. The quantitative estimate of drug-likeness (QED) is 0.781. The molecular weight excluding hydrogens is 216 g/mol. The number of hydrogen-bond donors (Lipinski definition) is 0. The van der Waals surface area contributed by atoms with Crippen molar-refractivity contribution in [2.75, 3.05) is 0 Å². The van der Waals surface area contributed by atoms with E-state index in [0.29, 0.717) is 5.15 Å². The van der Waals surface area contributed by atoms with Crippen LogP contribution in [-0.2, 0) is 6.42 Å². The van der Waals surface area contributed by atoms with Crippen molar-refractivity contribution >= 4 is 23.3 Å². The third-order valence-electron chi connectivity index (χ3n) is 2.08. The molecule has 14 heavy (non-hydrogen) atoms. The van der Waals surface area contributed by atoms with Crippen molar-refractivity contribution in [3.05, 3.63) is 35.0 Å². The van der Waals surface area contributed by atoms with Crippen molar-refractivity contribution < 1.29 is 0 Å². The molecule has 1 heterocycles. The smallest absolute Gasteiger partial charge is 0.170 e. The highest BCUT2D eigenvalue weighted by Crippen LogP contribution is 2.25. The fourth-order valence-corrected chi connectivity index (χ4v) is 2.01. The van der Waals surface area contributed by atoms with Gasteiger partial charge in [0.05, 0.1) is 11.7 Å². The molecule has 2 nitrogen and oxygen atoms in total. The third-order valence-corrected chi connectivity index (χ3v) is 2.98. The molecule has 0 saturated carbocycles. The van der Waals surface area contributed by atoms with E-state index in [2.05, 4.69) is 27.8 Å². The van der Waals surface area contributed by atoms with Gasteiger partial charge in [-0.25, -0.2) is 0 Å². The minimum absolute atomic E-state index is 0.485. The summed E-state index contributed by atoms with van der Waals surface area (Å²) in [5, 5.41) is 0.485. The summed E-state index contributed by atoms with van der Waals surface area (Å²) >= 11 is 7.02. The summed E-state index contributed by atoms with van der Waals surface area (Å²) in [4.78, 5) is 0. The van der Waals surface area contributed by atoms with Gasteiger partial charge in [0.15, 0.2) is 5.15 Å². The molecule has 0 radical (unpaired) electrons. The van der Waals surface area contributed by atoms with Crippen LogP contribution in [0.4, 0.5) is 0 Å². The number of rotatable bonds is 2. The van der Waals surface area contributed by atoms with Gasteiger partial charge in [-0.05, 0) is 12.0 Å². The second kappa shape index (κ2) is 4.07. The molecule has 2 rings (SSSR count). The molecule has 0 N–H and O–H groups in total. The van der Waals surface area contributed by atoms with E-state index in [1.165, 1.54) is 5.56 Å². The van der Waals surface area contributed by atoms with Crippen molar-refractivity contribution in [3.63, 3.8) is 0 Å². The van der Waals surface area contributed by atoms with E-state index < -0.39 is 0 Å². The Morgan fingerprint density at radius 2 is 1.93 bits per heavy atom. The second-order valence-corrected chi connectivity index (χ2v) is 3.84. The van der Waals surface area contributed by atoms with Gasteiger partial charge in [-0.1, -0.05) is 42.8 Å². The summed E-state index contributed by atoms with van der Waals surface area (Å²) in [7, 11) is 0. The second-order valence-electron chi connectivity index (χ2n) is 2.95. The summed E-state index contributed by atoms with van der Waals surface area (Å²) in [5.74, 6) is 0. The van der Waals surface area contributed by atoms with Gasteiger partial charge in [-0.3, -0.25) is 0 Å². The first-order valence-corrected chi connectivity index (χ1v) is 5.49. The van der Waals surface area contributed by atoms with Crippen LogP contribution in [0.1, 0.15) is 12.5 Å². The highest BCUT2D eigenvalue weighted by molar-refractivity contribution is 6.99. The van der Waals surface area contributed by atoms with Crippen molar-refractivity contribution in [1.29, 1.82) is 0 Å². The first-order chi connectivity index (χ1) is 6.81. The average molecular weight is 225 g/mol. The normalized spacial score (nSPS) is 10.4. The molecule has 1 aromatic heterocycles. The molecule has 72 valence electrons. The molecule has 1 aromatic carbocycles. The zero-order chi connectivity index (χ0) is 9.97. The van der Waals surface area contributed by atoms with E-state index in [0.717, 1.165) is 29.4 Å². The Balaban J connectivity index is 2.39. The van der Waals surface area contributed by atoms with Crippen molar-refractivity contribution in [2.45, 2.75) is 13.3 Å². The number of aromatic nitrogens is 2. The van der Waals surface area contributed by atoms with Crippen LogP contribution in [-0.4, -0.2) is 8.75 Å². The summed E-state index contributed by atoms with van der Waals surface area (Å²) in [6.45, 7) is 2.13. The zero-order valence-electron chi connectivity index (χ0n) is 7.70. The largest absolute Gasteiger partial charge is 0.171 e. The number of halogens is 1. The lowest BCUT2D eigenvalue weighted by atomic mass is 10.1. The third kappa shape index (κ3) is 1.79. The maximum absolute atomic E-state index is 5.88. The number of hydrogen-bond acceptors (Lipinski definition) is 3. The van der Waals surface area contributed by atoms with Gasteiger partial charge in [-0.15, -0.1) is 0 Å². The van der Waals surface area contributed by atoms with Gasteiger partial charge in [0.1, 0.15) is 5.69 Å². The Bertz CT molecular complexity index is 422. The minimum atomic E-state index is 0.485. The van der Waals surface area contributed by atoms with Crippen molar-refractivity contribution in [2.24, 2.45) is 0 Å². The van der Waals surface area contributed by atoms with Gasteiger partial charge < -0.3 is 0 Å². The molecule has 0 bridgehead atoms. The van der Waals surface area contributed by atoms with Crippen LogP contribution in [0.15, 0.2) is 24.3 Å². The van der Waals surface area contributed by atoms with E-state index in [1.807, 2.05) is 12.1 Å². The van der Waals surface area contributed by atoms with Crippen molar-refractivity contribution in [3.8, 4) is 11.3 Å². The Labute approximate surface area is 91.9 Å². The molecule has 0 atom stereocenters. The maximum Gasteiger partial charge on any atom is 0.170 e. The van der Waals surface area contributed by atoms with Gasteiger partial charge in [0.25, 0.3) is 0 Å². The van der Waals surface area contributed by atoms with Crippen LogP contribution in [0, 0.1) is 0 Å². The highest BCUT2D eigenvalue weighted by atomic mass is 35.5.